The second kappa shape index (κ2) is 10.1. The first-order valence-corrected chi connectivity index (χ1v) is 9.14. The molecule has 2 aromatic rings. The molecule has 0 fully saturated rings. The number of para-hydroxylation sites is 1. The number of benzene rings is 2. The molecule has 25 heavy (non-hydrogen) atoms. The standard InChI is InChI=1S/C16H20N4O3S.HI/c1-24(21,22)20-14-7-9-15(10-8-14)23-12-11-18-16(17)19-13-5-3-2-4-6-13;/h2-10,20H,11-12H2,1H3,(H3,17,18,19);1H. The molecular formula is C16H21IN4O3S. The molecule has 9 heteroatoms. The van der Waals surface area contributed by atoms with E-state index in [1.54, 1.807) is 24.3 Å². The van der Waals surface area contributed by atoms with Crippen molar-refractivity contribution < 1.29 is 13.2 Å². The van der Waals surface area contributed by atoms with Crippen LogP contribution in [0, 0.1) is 0 Å². The first kappa shape index (κ1) is 21.0. The monoisotopic (exact) mass is 476 g/mol. The second-order valence-corrected chi connectivity index (χ2v) is 6.75. The van der Waals surface area contributed by atoms with Crippen LogP contribution in [0.4, 0.5) is 11.4 Å². The van der Waals surface area contributed by atoms with Crippen LogP contribution in [0.25, 0.3) is 0 Å². The van der Waals surface area contributed by atoms with Gasteiger partial charge < -0.3 is 15.8 Å². The van der Waals surface area contributed by atoms with Crippen LogP contribution in [0.1, 0.15) is 0 Å². The maximum atomic E-state index is 11.1. The third-order valence-electron chi connectivity index (χ3n) is 2.85. The summed E-state index contributed by atoms with van der Waals surface area (Å²) in [6, 6.07) is 16.1. The summed E-state index contributed by atoms with van der Waals surface area (Å²) in [4.78, 5) is 4.17. The van der Waals surface area contributed by atoms with E-state index in [1.807, 2.05) is 30.3 Å². The van der Waals surface area contributed by atoms with Gasteiger partial charge in [0.15, 0.2) is 5.96 Å². The summed E-state index contributed by atoms with van der Waals surface area (Å²) in [5.41, 5.74) is 7.14. The highest BCUT2D eigenvalue weighted by atomic mass is 127. The van der Waals surface area contributed by atoms with Crippen molar-refractivity contribution >= 4 is 51.3 Å². The van der Waals surface area contributed by atoms with Gasteiger partial charge in [0.05, 0.1) is 12.8 Å². The van der Waals surface area contributed by atoms with E-state index in [2.05, 4.69) is 15.0 Å². The van der Waals surface area contributed by atoms with Gasteiger partial charge in [-0.2, -0.15) is 0 Å². The predicted molar refractivity (Wildman–Crippen MR) is 112 cm³/mol. The fourth-order valence-electron chi connectivity index (χ4n) is 1.87. The third-order valence-corrected chi connectivity index (χ3v) is 3.45. The van der Waals surface area contributed by atoms with E-state index in [1.165, 1.54) is 0 Å². The van der Waals surface area contributed by atoms with Crippen LogP contribution in [-0.2, 0) is 10.0 Å². The molecule has 7 nitrogen and oxygen atoms in total. The highest BCUT2D eigenvalue weighted by Crippen LogP contribution is 2.16. The van der Waals surface area contributed by atoms with Crippen molar-refractivity contribution in [2.24, 2.45) is 10.7 Å². The fourth-order valence-corrected chi connectivity index (χ4v) is 2.44. The van der Waals surface area contributed by atoms with Gasteiger partial charge in [0.25, 0.3) is 0 Å². The Kier molecular flexibility index (Phi) is 8.49. The SMILES string of the molecule is CS(=O)(=O)Nc1ccc(OCCN=C(N)Nc2ccccc2)cc1.I. The number of anilines is 2. The summed E-state index contributed by atoms with van der Waals surface area (Å²) < 4.78 is 30.1. The zero-order chi connectivity index (χ0) is 17.4. The van der Waals surface area contributed by atoms with E-state index in [0.717, 1.165) is 11.9 Å². The molecule has 136 valence electrons. The highest BCUT2D eigenvalue weighted by Gasteiger charge is 2.01. The van der Waals surface area contributed by atoms with Gasteiger partial charge in [-0.25, -0.2) is 13.4 Å². The summed E-state index contributed by atoms with van der Waals surface area (Å²) >= 11 is 0. The Morgan fingerprint density at radius 2 is 1.72 bits per heavy atom. The molecule has 0 spiro atoms. The number of ether oxygens (including phenoxy) is 1. The van der Waals surface area contributed by atoms with Crippen LogP contribution in [0.3, 0.4) is 0 Å². The van der Waals surface area contributed by atoms with Gasteiger partial charge in [-0.05, 0) is 36.4 Å². The van der Waals surface area contributed by atoms with E-state index in [-0.39, 0.29) is 24.0 Å². The number of nitrogens with one attached hydrogen (secondary N) is 2. The van der Waals surface area contributed by atoms with Crippen LogP contribution in [0.15, 0.2) is 59.6 Å². The smallest absolute Gasteiger partial charge is 0.229 e. The molecule has 0 aliphatic carbocycles. The summed E-state index contributed by atoms with van der Waals surface area (Å²) in [6.45, 7) is 0.755. The lowest BCUT2D eigenvalue weighted by atomic mass is 10.3. The number of halogens is 1. The van der Waals surface area contributed by atoms with Crippen molar-refractivity contribution in [1.29, 1.82) is 0 Å². The number of nitrogens with two attached hydrogens (primary N) is 1. The van der Waals surface area contributed by atoms with E-state index in [9.17, 15) is 8.42 Å². The van der Waals surface area contributed by atoms with Gasteiger partial charge in [0.2, 0.25) is 10.0 Å². The molecule has 0 saturated carbocycles. The van der Waals surface area contributed by atoms with Gasteiger partial charge >= 0.3 is 0 Å². The first-order chi connectivity index (χ1) is 11.4. The lowest BCUT2D eigenvalue weighted by molar-refractivity contribution is 0.329. The van der Waals surface area contributed by atoms with Crippen LogP contribution >= 0.6 is 24.0 Å². The topological polar surface area (TPSA) is 106 Å². The molecule has 2 aromatic carbocycles. The van der Waals surface area contributed by atoms with Crippen molar-refractivity contribution in [2.75, 3.05) is 29.4 Å². The zero-order valence-corrected chi connectivity index (χ0v) is 16.8. The maximum Gasteiger partial charge on any atom is 0.229 e. The Balaban J connectivity index is 0.00000312. The molecule has 0 aliphatic rings. The molecule has 0 amide bonds. The summed E-state index contributed by atoms with van der Waals surface area (Å²) in [7, 11) is -3.28. The Morgan fingerprint density at radius 3 is 2.32 bits per heavy atom. The van der Waals surface area contributed by atoms with E-state index in [0.29, 0.717) is 30.5 Å². The molecule has 0 radical (unpaired) electrons. The van der Waals surface area contributed by atoms with Crippen LogP contribution in [-0.4, -0.2) is 33.8 Å². The molecular weight excluding hydrogens is 455 g/mol. The van der Waals surface area contributed by atoms with Crippen molar-refractivity contribution in [3.05, 3.63) is 54.6 Å². The first-order valence-electron chi connectivity index (χ1n) is 7.25. The van der Waals surface area contributed by atoms with E-state index < -0.39 is 10.0 Å². The molecule has 0 atom stereocenters. The Bertz CT molecular complexity index is 781. The average molecular weight is 476 g/mol. The number of hydrogen-bond acceptors (Lipinski definition) is 4. The van der Waals surface area contributed by atoms with Crippen LogP contribution in [0.5, 0.6) is 5.75 Å². The second-order valence-electron chi connectivity index (χ2n) is 5.01. The Hall–Kier alpha value is -2.01. The molecule has 0 aromatic heterocycles. The summed E-state index contributed by atoms with van der Waals surface area (Å²) in [5.74, 6) is 0.941. The Labute approximate surface area is 164 Å². The van der Waals surface area contributed by atoms with Crippen molar-refractivity contribution in [3.63, 3.8) is 0 Å². The Morgan fingerprint density at radius 1 is 1.08 bits per heavy atom. The minimum Gasteiger partial charge on any atom is -0.492 e. The summed E-state index contributed by atoms with van der Waals surface area (Å²) in [6.07, 6.45) is 1.10. The van der Waals surface area contributed by atoms with Gasteiger partial charge in [0.1, 0.15) is 12.4 Å². The van der Waals surface area contributed by atoms with Crippen LogP contribution in [0.2, 0.25) is 0 Å². The molecule has 0 aliphatic heterocycles. The number of guanidine groups is 1. The molecule has 0 bridgehead atoms. The van der Waals surface area contributed by atoms with Crippen molar-refractivity contribution in [1.82, 2.24) is 0 Å². The fraction of sp³-hybridized carbons (Fsp3) is 0.188. The van der Waals surface area contributed by atoms with E-state index in [4.69, 9.17) is 10.5 Å². The normalized spacial score (nSPS) is 11.3. The number of rotatable bonds is 7. The minimum absolute atomic E-state index is 0. The van der Waals surface area contributed by atoms with Gasteiger partial charge in [-0.3, -0.25) is 4.72 Å². The van der Waals surface area contributed by atoms with Crippen molar-refractivity contribution in [3.8, 4) is 5.75 Å². The maximum absolute atomic E-state index is 11.1. The van der Waals surface area contributed by atoms with Gasteiger partial charge in [-0.1, -0.05) is 18.2 Å². The number of aliphatic imine (C=N–C) groups is 1. The molecule has 0 unspecified atom stereocenters. The van der Waals surface area contributed by atoms with Gasteiger partial charge in [-0.15, -0.1) is 24.0 Å². The number of nitrogens with zero attached hydrogens (tertiary/aromatic N) is 1. The predicted octanol–water partition coefficient (Wildman–Crippen LogP) is 2.48. The van der Waals surface area contributed by atoms with Crippen molar-refractivity contribution in [2.45, 2.75) is 0 Å². The molecule has 0 heterocycles. The average Bonchev–Trinajstić information content (AvgIpc) is 2.53. The quantitative estimate of drug-likeness (QED) is 0.247. The zero-order valence-electron chi connectivity index (χ0n) is 13.7. The third kappa shape index (κ3) is 8.59. The lowest BCUT2D eigenvalue weighted by Crippen LogP contribution is -2.23. The number of hydrogen-bond donors (Lipinski definition) is 3. The largest absolute Gasteiger partial charge is 0.492 e. The molecule has 0 saturated heterocycles. The van der Waals surface area contributed by atoms with Gasteiger partial charge in [0, 0.05) is 11.4 Å². The number of sulfonamides is 1. The van der Waals surface area contributed by atoms with Crippen LogP contribution < -0.4 is 20.5 Å². The highest BCUT2D eigenvalue weighted by molar-refractivity contribution is 14.0. The molecule has 2 rings (SSSR count). The lowest BCUT2D eigenvalue weighted by Gasteiger charge is -2.08. The minimum atomic E-state index is -3.28. The van der Waals surface area contributed by atoms with E-state index >= 15 is 0 Å². The molecule has 4 N–H and O–H groups in total. The summed E-state index contributed by atoms with van der Waals surface area (Å²) in [5, 5.41) is 2.98.